The number of rotatable bonds is 43. The minimum absolute atomic E-state index is 0.224. The molecule has 0 spiro atoms. The molecule has 0 bridgehead atoms. The Kier molecular flexibility index (Phi) is 39.6. The monoisotopic (exact) mass is 1150 g/mol. The number of hydrogen-bond acceptors (Lipinski definition) is 18. The zero-order valence-corrected chi connectivity index (χ0v) is 48.5. The van der Waals surface area contributed by atoms with Crippen molar-refractivity contribution in [1.82, 2.24) is 5.32 Å². The Balaban J connectivity index is 1.45. The van der Waals surface area contributed by atoms with Gasteiger partial charge in [-0.1, -0.05) is 170 Å². The van der Waals surface area contributed by atoms with Gasteiger partial charge in [-0.3, -0.25) is 4.79 Å². The lowest BCUT2D eigenvalue weighted by Crippen LogP contribution is -2.66. The summed E-state index contributed by atoms with van der Waals surface area (Å²) in [5, 5.41) is 120. The Bertz CT molecular complexity index is 1810. The number of amides is 1. The SMILES string of the molecule is CC/C=C\C/C=C\C/C=C\C/C=C\CCCCCCCCCCCCCCC(=O)NC(COC1OC(CO)C(OC2OC(CO)C(OC3OC(CO)C(O)C(O)C3O)C(O)C2O)C(O)C1O)C(O)/C=C/CC/C=C/CC/C=C/CCC. The summed E-state index contributed by atoms with van der Waals surface area (Å²) in [6, 6.07) is -1.000. The summed E-state index contributed by atoms with van der Waals surface area (Å²) in [7, 11) is 0. The lowest BCUT2D eigenvalue weighted by Gasteiger charge is -2.48. The van der Waals surface area contributed by atoms with Crippen LogP contribution in [0.2, 0.25) is 0 Å². The maximum Gasteiger partial charge on any atom is 0.220 e. The molecule has 3 saturated heterocycles. The topological polar surface area (TPSA) is 307 Å². The van der Waals surface area contributed by atoms with Gasteiger partial charge in [0.25, 0.3) is 0 Å². The van der Waals surface area contributed by atoms with Crippen molar-refractivity contribution in [2.24, 2.45) is 0 Å². The number of ether oxygens (including phenoxy) is 6. The van der Waals surface area contributed by atoms with Crippen molar-refractivity contribution in [2.45, 2.75) is 272 Å². The fourth-order valence-electron chi connectivity index (χ4n) is 9.69. The van der Waals surface area contributed by atoms with E-state index in [0.29, 0.717) is 12.8 Å². The van der Waals surface area contributed by atoms with Crippen LogP contribution in [-0.2, 0) is 33.2 Å². The van der Waals surface area contributed by atoms with Crippen LogP contribution in [0.4, 0.5) is 0 Å². The molecule has 0 aliphatic carbocycles. The molecule has 466 valence electrons. The van der Waals surface area contributed by atoms with E-state index in [9.17, 15) is 61.0 Å². The van der Waals surface area contributed by atoms with E-state index in [2.05, 4.69) is 92.1 Å². The third kappa shape index (κ3) is 28.1. The second kappa shape index (κ2) is 44.4. The van der Waals surface area contributed by atoms with Gasteiger partial charge in [0.2, 0.25) is 5.91 Å². The Morgan fingerprint density at radius 1 is 0.457 bits per heavy atom. The van der Waals surface area contributed by atoms with E-state index in [1.54, 1.807) is 6.08 Å². The molecule has 12 N–H and O–H groups in total. The molecule has 0 aromatic heterocycles. The van der Waals surface area contributed by atoms with Gasteiger partial charge in [0.15, 0.2) is 18.9 Å². The van der Waals surface area contributed by atoms with Crippen molar-refractivity contribution < 1.29 is 89.4 Å². The molecule has 3 aliphatic heterocycles. The highest BCUT2D eigenvalue weighted by atomic mass is 16.8. The van der Waals surface area contributed by atoms with Gasteiger partial charge < -0.3 is 89.9 Å². The van der Waals surface area contributed by atoms with Gasteiger partial charge in [-0.2, -0.15) is 0 Å². The van der Waals surface area contributed by atoms with Crippen LogP contribution in [0.3, 0.4) is 0 Å². The lowest BCUT2D eigenvalue weighted by molar-refractivity contribution is -0.379. The molecule has 17 atom stereocenters. The van der Waals surface area contributed by atoms with Crippen LogP contribution in [0, 0.1) is 0 Å². The highest BCUT2D eigenvalue weighted by molar-refractivity contribution is 5.76. The molecule has 81 heavy (non-hydrogen) atoms. The van der Waals surface area contributed by atoms with E-state index in [1.165, 1.54) is 44.9 Å². The standard InChI is InChI=1S/C62H105NO18/c1-3-5-7-9-11-13-15-16-17-18-19-20-21-22-23-24-25-26-27-28-30-32-34-36-38-40-50(68)63-45(46(67)39-37-35-33-31-29-14-12-10-8-6-4-2)44-76-60-56(74)53(71)58(48(42-65)78-60)81-62-57(75)54(72)59(49(43-66)79-62)80-61-55(73)52(70)51(69)47(41-64)77-61/h5,7-8,10-11,13,16-17,19-20,29,31,37,39,45-49,51-62,64-67,69-75H,3-4,6,9,12,14-15,18,21-28,30,32-36,38,40-44H2,1-2H3,(H,63,68)/b7-5-,10-8+,13-11-,17-16-,20-19-,31-29+,39-37+. The molecular formula is C62H105NO18. The first kappa shape index (κ1) is 72.2. The van der Waals surface area contributed by atoms with Crippen LogP contribution < -0.4 is 5.32 Å². The number of unbranched alkanes of at least 4 members (excludes halogenated alkanes) is 15. The van der Waals surface area contributed by atoms with E-state index in [0.717, 1.165) is 89.9 Å². The van der Waals surface area contributed by atoms with E-state index in [4.69, 9.17) is 28.4 Å². The molecular weight excluding hydrogens is 1050 g/mol. The summed E-state index contributed by atoms with van der Waals surface area (Å²) >= 11 is 0. The quantitative estimate of drug-likeness (QED) is 0.0261. The van der Waals surface area contributed by atoms with Crippen LogP contribution in [0.25, 0.3) is 0 Å². The van der Waals surface area contributed by atoms with E-state index in [1.807, 2.05) is 6.08 Å². The smallest absolute Gasteiger partial charge is 0.220 e. The van der Waals surface area contributed by atoms with Crippen LogP contribution in [-0.4, -0.2) is 193 Å². The minimum atomic E-state index is -1.98. The van der Waals surface area contributed by atoms with Crippen molar-refractivity contribution >= 4 is 5.91 Å². The average molecular weight is 1150 g/mol. The molecule has 3 heterocycles. The first-order valence-corrected chi connectivity index (χ1v) is 30.3. The van der Waals surface area contributed by atoms with E-state index < -0.39 is 124 Å². The summed E-state index contributed by atoms with van der Waals surface area (Å²) in [4.78, 5) is 13.3. The summed E-state index contributed by atoms with van der Waals surface area (Å²) in [6.07, 6.45) is 27.3. The number of carbonyl (C=O) groups is 1. The van der Waals surface area contributed by atoms with Gasteiger partial charge in [-0.25, -0.2) is 0 Å². The molecule has 3 rings (SSSR count). The molecule has 19 nitrogen and oxygen atoms in total. The Morgan fingerprint density at radius 3 is 1.37 bits per heavy atom. The Morgan fingerprint density at radius 2 is 0.864 bits per heavy atom. The molecule has 17 unspecified atom stereocenters. The normalized spacial score (nSPS) is 30.4. The number of aliphatic hydroxyl groups excluding tert-OH is 11. The molecule has 3 aliphatic rings. The predicted molar refractivity (Wildman–Crippen MR) is 309 cm³/mol. The highest BCUT2D eigenvalue weighted by Crippen LogP contribution is 2.33. The van der Waals surface area contributed by atoms with Gasteiger partial charge >= 0.3 is 0 Å². The van der Waals surface area contributed by atoms with Crippen LogP contribution >= 0.6 is 0 Å². The number of carbonyl (C=O) groups excluding carboxylic acids is 1. The Hall–Kier alpha value is -3.03. The first-order valence-electron chi connectivity index (χ1n) is 30.3. The van der Waals surface area contributed by atoms with E-state index >= 15 is 0 Å². The summed E-state index contributed by atoms with van der Waals surface area (Å²) in [5.74, 6) is -0.299. The van der Waals surface area contributed by atoms with Gasteiger partial charge in [0.1, 0.15) is 73.2 Å². The van der Waals surface area contributed by atoms with Gasteiger partial charge in [0.05, 0.1) is 38.6 Å². The first-order chi connectivity index (χ1) is 39.3. The van der Waals surface area contributed by atoms with Crippen LogP contribution in [0.15, 0.2) is 85.1 Å². The largest absolute Gasteiger partial charge is 0.394 e. The summed E-state index contributed by atoms with van der Waals surface area (Å²) in [5.41, 5.74) is 0. The van der Waals surface area contributed by atoms with Crippen molar-refractivity contribution in [2.75, 3.05) is 26.4 Å². The van der Waals surface area contributed by atoms with Crippen molar-refractivity contribution in [1.29, 1.82) is 0 Å². The summed E-state index contributed by atoms with van der Waals surface area (Å²) in [6.45, 7) is 1.47. The van der Waals surface area contributed by atoms with Gasteiger partial charge in [-0.05, 0) is 77.0 Å². The van der Waals surface area contributed by atoms with E-state index in [-0.39, 0.29) is 18.9 Å². The lowest BCUT2D eigenvalue weighted by atomic mass is 9.96. The molecule has 1 amide bonds. The van der Waals surface area contributed by atoms with Crippen LogP contribution in [0.5, 0.6) is 0 Å². The maximum absolute atomic E-state index is 13.3. The Labute approximate surface area is 482 Å². The molecule has 0 radical (unpaired) electrons. The van der Waals surface area contributed by atoms with Crippen molar-refractivity contribution in [3.05, 3.63) is 85.1 Å². The van der Waals surface area contributed by atoms with Crippen LogP contribution in [0.1, 0.15) is 168 Å². The third-order valence-electron chi connectivity index (χ3n) is 14.6. The number of aliphatic hydroxyl groups is 11. The maximum atomic E-state index is 13.3. The zero-order valence-electron chi connectivity index (χ0n) is 48.5. The summed E-state index contributed by atoms with van der Waals surface area (Å²) < 4.78 is 34.2. The van der Waals surface area contributed by atoms with Crippen molar-refractivity contribution in [3.8, 4) is 0 Å². The molecule has 0 saturated carbocycles. The highest BCUT2D eigenvalue weighted by Gasteiger charge is 2.53. The number of allylic oxidation sites excluding steroid dienone is 13. The molecule has 0 aromatic carbocycles. The fraction of sp³-hybridized carbons (Fsp3) is 0.758. The second-order valence-electron chi connectivity index (χ2n) is 21.4. The number of hydrogen-bond donors (Lipinski definition) is 12. The average Bonchev–Trinajstić information content (AvgIpc) is 3.51. The van der Waals surface area contributed by atoms with Gasteiger partial charge in [-0.15, -0.1) is 0 Å². The fourth-order valence-corrected chi connectivity index (χ4v) is 9.69. The van der Waals surface area contributed by atoms with Gasteiger partial charge in [0, 0.05) is 6.42 Å². The minimum Gasteiger partial charge on any atom is -0.394 e. The zero-order chi connectivity index (χ0) is 59.0. The number of nitrogens with one attached hydrogen (secondary N) is 1. The second-order valence-corrected chi connectivity index (χ2v) is 21.4. The third-order valence-corrected chi connectivity index (χ3v) is 14.6. The predicted octanol–water partition coefficient (Wildman–Crippen LogP) is 5.59. The molecule has 3 fully saturated rings. The van der Waals surface area contributed by atoms with Crippen molar-refractivity contribution in [3.63, 3.8) is 0 Å². The molecule has 19 heteroatoms. The molecule has 0 aromatic rings.